The summed E-state index contributed by atoms with van der Waals surface area (Å²) in [7, 11) is 1.69. The van der Waals surface area contributed by atoms with Crippen LogP contribution < -0.4 is 0 Å². The second-order valence-electron chi connectivity index (χ2n) is 9.12. The number of hydrogen-bond donors (Lipinski definition) is 2. The fraction of sp³-hybridized carbons (Fsp3) is 1.00. The van der Waals surface area contributed by atoms with Crippen LogP contribution in [0.15, 0.2) is 0 Å². The molecule has 0 amide bonds. The summed E-state index contributed by atoms with van der Waals surface area (Å²) in [5.41, 5.74) is -0.434. The molecule has 4 aliphatic rings. The molecule has 0 radical (unpaired) electrons. The van der Waals surface area contributed by atoms with Gasteiger partial charge in [0.05, 0.1) is 12.2 Å². The summed E-state index contributed by atoms with van der Waals surface area (Å²) in [6.45, 7) is 5.27. The molecule has 4 rings (SSSR count). The van der Waals surface area contributed by atoms with Crippen LogP contribution in [0, 0.1) is 34.0 Å². The maximum absolute atomic E-state index is 11.7. The van der Waals surface area contributed by atoms with Gasteiger partial charge in [-0.05, 0) is 54.8 Å². The Morgan fingerprint density at radius 1 is 1.09 bits per heavy atom. The molecule has 4 fully saturated rings. The highest BCUT2D eigenvalue weighted by atomic mass is 16.5. The first-order valence-electron chi connectivity index (χ1n) is 9.23. The lowest BCUT2D eigenvalue weighted by Gasteiger charge is -2.61. The van der Waals surface area contributed by atoms with Crippen molar-refractivity contribution in [2.24, 2.45) is 34.0 Å². The van der Waals surface area contributed by atoms with E-state index < -0.39 is 5.60 Å². The van der Waals surface area contributed by atoms with Crippen molar-refractivity contribution < 1.29 is 14.9 Å². The Bertz CT molecular complexity index is 471. The van der Waals surface area contributed by atoms with E-state index in [9.17, 15) is 10.2 Å². The van der Waals surface area contributed by atoms with Gasteiger partial charge in [0.2, 0.25) is 0 Å². The highest BCUT2D eigenvalue weighted by Gasteiger charge is 2.83. The van der Waals surface area contributed by atoms with E-state index in [1.54, 1.807) is 7.11 Å². The lowest BCUT2D eigenvalue weighted by Crippen LogP contribution is -2.62. The van der Waals surface area contributed by atoms with Crippen LogP contribution >= 0.6 is 0 Å². The number of hydrogen-bond acceptors (Lipinski definition) is 3. The van der Waals surface area contributed by atoms with E-state index in [4.69, 9.17) is 4.74 Å². The maximum Gasteiger partial charge on any atom is 0.0993 e. The van der Waals surface area contributed by atoms with Gasteiger partial charge in [0.1, 0.15) is 0 Å². The first-order chi connectivity index (χ1) is 10.4. The van der Waals surface area contributed by atoms with Crippen molar-refractivity contribution in [1.29, 1.82) is 0 Å². The van der Waals surface area contributed by atoms with Crippen LogP contribution in [0.25, 0.3) is 0 Å². The summed E-state index contributed by atoms with van der Waals surface area (Å²) in [6, 6.07) is 0. The molecule has 0 aliphatic heterocycles. The molecule has 0 aromatic rings. The molecule has 4 bridgehead atoms. The zero-order valence-corrected chi connectivity index (χ0v) is 14.4. The Morgan fingerprint density at radius 2 is 1.77 bits per heavy atom. The van der Waals surface area contributed by atoms with Crippen LogP contribution in [0.3, 0.4) is 0 Å². The number of aliphatic hydroxyl groups is 2. The highest BCUT2D eigenvalue weighted by Crippen LogP contribution is 2.84. The minimum Gasteiger partial charge on any atom is -0.396 e. The van der Waals surface area contributed by atoms with Crippen molar-refractivity contribution in [3.05, 3.63) is 0 Å². The fourth-order valence-corrected chi connectivity index (χ4v) is 8.31. The first-order valence-corrected chi connectivity index (χ1v) is 9.23. The van der Waals surface area contributed by atoms with Crippen LogP contribution in [0.4, 0.5) is 0 Å². The minimum absolute atomic E-state index is 0.0192. The normalized spacial score (nSPS) is 55.2. The molecule has 22 heavy (non-hydrogen) atoms. The maximum atomic E-state index is 11.7. The molecule has 0 aromatic heterocycles. The van der Waals surface area contributed by atoms with Crippen LogP contribution in [-0.4, -0.2) is 36.1 Å². The molecule has 0 saturated heterocycles. The van der Waals surface area contributed by atoms with E-state index in [0.29, 0.717) is 23.9 Å². The van der Waals surface area contributed by atoms with Crippen LogP contribution in [0.5, 0.6) is 0 Å². The smallest absolute Gasteiger partial charge is 0.0993 e. The minimum atomic E-state index is -0.866. The Morgan fingerprint density at radius 3 is 2.36 bits per heavy atom. The van der Waals surface area contributed by atoms with E-state index in [-0.39, 0.29) is 23.4 Å². The van der Waals surface area contributed by atoms with Crippen LogP contribution in [0.2, 0.25) is 0 Å². The molecule has 0 aromatic carbocycles. The SMILES string of the molecule is COCC1(O)C(CO)C2CC3CCC4(CCCC4)C2(C)C31C. The molecule has 3 heteroatoms. The molecule has 4 saturated carbocycles. The monoisotopic (exact) mass is 308 g/mol. The molecule has 6 unspecified atom stereocenters. The first kappa shape index (κ1) is 15.4. The molecule has 0 heterocycles. The zero-order chi connectivity index (χ0) is 15.8. The second-order valence-corrected chi connectivity index (χ2v) is 9.12. The average molecular weight is 308 g/mol. The van der Waals surface area contributed by atoms with Crippen LogP contribution in [-0.2, 0) is 4.74 Å². The number of methoxy groups -OCH3 is 1. The van der Waals surface area contributed by atoms with E-state index >= 15 is 0 Å². The topological polar surface area (TPSA) is 49.7 Å². The number of rotatable bonds is 3. The molecule has 3 nitrogen and oxygen atoms in total. The third-order valence-electron chi connectivity index (χ3n) is 9.37. The van der Waals surface area contributed by atoms with Crippen molar-refractivity contribution in [3.8, 4) is 0 Å². The molecule has 1 spiro atoms. The summed E-state index contributed by atoms with van der Waals surface area (Å²) >= 11 is 0. The van der Waals surface area contributed by atoms with E-state index in [1.165, 1.54) is 44.9 Å². The Hall–Kier alpha value is -0.120. The summed E-state index contributed by atoms with van der Waals surface area (Å²) in [5.74, 6) is 1.03. The number of ether oxygens (including phenoxy) is 1. The second kappa shape index (κ2) is 4.49. The molecule has 2 N–H and O–H groups in total. The fourth-order valence-electron chi connectivity index (χ4n) is 8.31. The molecule has 4 aliphatic carbocycles. The largest absolute Gasteiger partial charge is 0.396 e. The Balaban J connectivity index is 1.90. The van der Waals surface area contributed by atoms with Gasteiger partial charge in [-0.3, -0.25) is 0 Å². The van der Waals surface area contributed by atoms with Gasteiger partial charge in [-0.2, -0.15) is 0 Å². The highest BCUT2D eigenvalue weighted by molar-refractivity contribution is 5.31. The standard InChI is InChI=1S/C19H32O3/c1-16-13-6-9-18(7-4-5-8-18)17(16,2)14(10-13)15(11-20)19(16,21)12-22-3/h13-15,20-21H,4-12H2,1-3H3. The summed E-state index contributed by atoms with van der Waals surface area (Å²) in [4.78, 5) is 0. The third-order valence-corrected chi connectivity index (χ3v) is 9.37. The molecular weight excluding hydrogens is 276 g/mol. The van der Waals surface area contributed by atoms with Crippen LogP contribution in [0.1, 0.15) is 58.8 Å². The average Bonchev–Trinajstić information content (AvgIpc) is 3.05. The van der Waals surface area contributed by atoms with E-state index in [0.717, 1.165) is 0 Å². The van der Waals surface area contributed by atoms with Gasteiger partial charge in [-0.1, -0.05) is 26.7 Å². The predicted molar refractivity (Wildman–Crippen MR) is 85.3 cm³/mol. The Kier molecular flexibility index (Phi) is 3.14. The van der Waals surface area contributed by atoms with Gasteiger partial charge in [0.25, 0.3) is 0 Å². The molecule has 6 atom stereocenters. The van der Waals surface area contributed by atoms with Gasteiger partial charge >= 0.3 is 0 Å². The van der Waals surface area contributed by atoms with Crippen molar-refractivity contribution in [2.45, 2.75) is 64.4 Å². The quantitative estimate of drug-likeness (QED) is 0.842. The van der Waals surface area contributed by atoms with Gasteiger partial charge < -0.3 is 14.9 Å². The summed E-state index contributed by atoms with van der Waals surface area (Å²) in [5, 5.41) is 21.8. The summed E-state index contributed by atoms with van der Waals surface area (Å²) in [6.07, 6.45) is 9.12. The predicted octanol–water partition coefficient (Wildman–Crippen LogP) is 2.99. The zero-order valence-electron chi connectivity index (χ0n) is 14.4. The summed E-state index contributed by atoms with van der Waals surface area (Å²) < 4.78 is 5.48. The van der Waals surface area contributed by atoms with E-state index in [2.05, 4.69) is 13.8 Å². The third kappa shape index (κ3) is 1.30. The van der Waals surface area contributed by atoms with Gasteiger partial charge in [-0.15, -0.1) is 0 Å². The van der Waals surface area contributed by atoms with Gasteiger partial charge in [0.15, 0.2) is 0 Å². The van der Waals surface area contributed by atoms with Crippen molar-refractivity contribution in [2.75, 3.05) is 20.3 Å². The van der Waals surface area contributed by atoms with Gasteiger partial charge in [-0.25, -0.2) is 0 Å². The van der Waals surface area contributed by atoms with Crippen molar-refractivity contribution in [3.63, 3.8) is 0 Å². The molecule has 126 valence electrons. The molecular formula is C19H32O3. The van der Waals surface area contributed by atoms with Crippen molar-refractivity contribution in [1.82, 2.24) is 0 Å². The Labute approximate surface area is 134 Å². The lowest BCUT2D eigenvalue weighted by molar-refractivity contribution is -0.211. The number of aliphatic hydroxyl groups excluding tert-OH is 1. The van der Waals surface area contributed by atoms with E-state index in [1.807, 2.05) is 0 Å². The lowest BCUT2D eigenvalue weighted by atomic mass is 9.44. The van der Waals surface area contributed by atoms with Gasteiger partial charge in [0, 0.05) is 25.0 Å². The van der Waals surface area contributed by atoms with Crippen molar-refractivity contribution >= 4 is 0 Å².